The van der Waals surface area contributed by atoms with Crippen LogP contribution in [-0.4, -0.2) is 31.3 Å². The highest BCUT2D eigenvalue weighted by Gasteiger charge is 2.43. The SMILES string of the molecule is CCC(CC(=O)O)n1nnnc1C1CC2CCC1C2. The minimum Gasteiger partial charge on any atom is -0.481 e. The number of fused-ring (bicyclic) bond motifs is 2. The van der Waals surface area contributed by atoms with Gasteiger partial charge in [-0.1, -0.05) is 13.3 Å². The van der Waals surface area contributed by atoms with Crippen molar-refractivity contribution >= 4 is 5.97 Å². The van der Waals surface area contributed by atoms with Crippen molar-refractivity contribution < 1.29 is 9.90 Å². The van der Waals surface area contributed by atoms with Gasteiger partial charge < -0.3 is 5.11 Å². The van der Waals surface area contributed by atoms with Gasteiger partial charge in [0.15, 0.2) is 5.82 Å². The maximum Gasteiger partial charge on any atom is 0.305 e. The lowest BCUT2D eigenvalue weighted by Gasteiger charge is -2.23. The molecule has 0 saturated heterocycles. The minimum absolute atomic E-state index is 0.0926. The van der Waals surface area contributed by atoms with Gasteiger partial charge in [-0.15, -0.1) is 5.10 Å². The molecule has 1 heterocycles. The molecule has 104 valence electrons. The Labute approximate surface area is 112 Å². The van der Waals surface area contributed by atoms with Crippen molar-refractivity contribution in [3.05, 3.63) is 5.82 Å². The Morgan fingerprint density at radius 1 is 1.47 bits per heavy atom. The summed E-state index contributed by atoms with van der Waals surface area (Å²) in [4.78, 5) is 10.9. The van der Waals surface area contributed by atoms with Crippen LogP contribution in [0.1, 0.15) is 63.2 Å². The number of tetrazole rings is 1. The molecule has 2 saturated carbocycles. The smallest absolute Gasteiger partial charge is 0.305 e. The minimum atomic E-state index is -0.791. The Morgan fingerprint density at radius 3 is 2.89 bits per heavy atom. The second-order valence-corrected chi connectivity index (χ2v) is 5.92. The standard InChI is InChI=1S/C13H20N4O2/c1-2-10(7-12(18)19)17-13(14-15-16-17)11-6-8-3-4-9(11)5-8/h8-11H,2-7H2,1H3,(H,18,19). The molecule has 0 radical (unpaired) electrons. The average molecular weight is 264 g/mol. The van der Waals surface area contributed by atoms with Crippen LogP contribution in [0.3, 0.4) is 0 Å². The summed E-state index contributed by atoms with van der Waals surface area (Å²) in [7, 11) is 0. The zero-order valence-corrected chi connectivity index (χ0v) is 11.2. The average Bonchev–Trinajstić information content (AvgIpc) is 3.09. The van der Waals surface area contributed by atoms with Crippen molar-refractivity contribution in [2.24, 2.45) is 11.8 Å². The van der Waals surface area contributed by atoms with Crippen molar-refractivity contribution in [2.45, 2.75) is 57.4 Å². The second kappa shape index (κ2) is 4.90. The Morgan fingerprint density at radius 2 is 2.32 bits per heavy atom. The summed E-state index contributed by atoms with van der Waals surface area (Å²) in [5.41, 5.74) is 0. The van der Waals surface area contributed by atoms with E-state index < -0.39 is 5.97 Å². The van der Waals surface area contributed by atoms with Crippen molar-refractivity contribution in [3.8, 4) is 0 Å². The summed E-state index contributed by atoms with van der Waals surface area (Å²) >= 11 is 0. The third kappa shape index (κ3) is 2.24. The molecule has 0 aliphatic heterocycles. The van der Waals surface area contributed by atoms with Gasteiger partial charge >= 0.3 is 5.97 Å². The number of hydrogen-bond donors (Lipinski definition) is 1. The van der Waals surface area contributed by atoms with E-state index >= 15 is 0 Å². The van der Waals surface area contributed by atoms with E-state index in [1.54, 1.807) is 4.68 Å². The van der Waals surface area contributed by atoms with E-state index in [4.69, 9.17) is 5.11 Å². The van der Waals surface area contributed by atoms with Crippen molar-refractivity contribution in [2.75, 3.05) is 0 Å². The summed E-state index contributed by atoms with van der Waals surface area (Å²) in [5, 5.41) is 21.1. The van der Waals surface area contributed by atoms with Gasteiger partial charge in [-0.2, -0.15) is 0 Å². The van der Waals surface area contributed by atoms with Crippen molar-refractivity contribution in [1.82, 2.24) is 20.2 Å². The van der Waals surface area contributed by atoms with Crippen LogP contribution in [0.5, 0.6) is 0 Å². The lowest BCUT2D eigenvalue weighted by Crippen LogP contribution is -2.21. The molecule has 19 heavy (non-hydrogen) atoms. The van der Waals surface area contributed by atoms with Gasteiger partial charge in [-0.25, -0.2) is 4.68 Å². The highest BCUT2D eigenvalue weighted by molar-refractivity contribution is 5.67. The van der Waals surface area contributed by atoms with Crippen LogP contribution in [0, 0.1) is 11.8 Å². The Kier molecular flexibility index (Phi) is 3.24. The van der Waals surface area contributed by atoms with Crippen LogP contribution >= 0.6 is 0 Å². The van der Waals surface area contributed by atoms with Gasteiger partial charge in [-0.3, -0.25) is 4.79 Å². The van der Waals surface area contributed by atoms with E-state index in [0.29, 0.717) is 11.8 Å². The fraction of sp³-hybridized carbons (Fsp3) is 0.846. The summed E-state index contributed by atoms with van der Waals surface area (Å²) < 4.78 is 1.78. The third-order valence-corrected chi connectivity index (χ3v) is 4.82. The zero-order valence-electron chi connectivity index (χ0n) is 11.2. The molecule has 6 heteroatoms. The molecule has 2 fully saturated rings. The van der Waals surface area contributed by atoms with Crippen LogP contribution < -0.4 is 0 Å². The number of aliphatic carboxylic acids is 1. The zero-order chi connectivity index (χ0) is 13.4. The van der Waals surface area contributed by atoms with E-state index in [1.165, 1.54) is 25.7 Å². The Bertz CT molecular complexity index is 473. The Balaban J connectivity index is 1.83. The number of carboxylic acids is 1. The first-order valence-corrected chi connectivity index (χ1v) is 7.18. The molecule has 1 aromatic rings. The maximum absolute atomic E-state index is 10.9. The van der Waals surface area contributed by atoms with Crippen LogP contribution in [0.15, 0.2) is 0 Å². The highest BCUT2D eigenvalue weighted by Crippen LogP contribution is 2.52. The number of aromatic nitrogens is 4. The van der Waals surface area contributed by atoms with Gasteiger partial charge in [0.1, 0.15) is 0 Å². The van der Waals surface area contributed by atoms with E-state index in [0.717, 1.165) is 18.2 Å². The molecule has 4 unspecified atom stereocenters. The van der Waals surface area contributed by atoms with E-state index in [2.05, 4.69) is 15.5 Å². The van der Waals surface area contributed by atoms with Crippen LogP contribution in [0.25, 0.3) is 0 Å². The number of hydrogen-bond acceptors (Lipinski definition) is 4. The molecule has 2 bridgehead atoms. The van der Waals surface area contributed by atoms with Gasteiger partial charge in [0.25, 0.3) is 0 Å². The van der Waals surface area contributed by atoms with Crippen LogP contribution in [0.4, 0.5) is 0 Å². The predicted molar refractivity (Wildman–Crippen MR) is 67.6 cm³/mol. The topological polar surface area (TPSA) is 80.9 Å². The predicted octanol–water partition coefficient (Wildman–Crippen LogP) is 2.00. The van der Waals surface area contributed by atoms with E-state index in [9.17, 15) is 4.79 Å². The summed E-state index contributed by atoms with van der Waals surface area (Å²) in [6, 6.07) is -0.123. The van der Waals surface area contributed by atoms with Crippen molar-refractivity contribution in [1.29, 1.82) is 0 Å². The fourth-order valence-corrected chi connectivity index (χ4v) is 3.87. The quantitative estimate of drug-likeness (QED) is 0.879. The molecular weight excluding hydrogens is 244 g/mol. The normalized spacial score (nSPS) is 30.7. The molecule has 0 aromatic carbocycles. The second-order valence-electron chi connectivity index (χ2n) is 5.92. The van der Waals surface area contributed by atoms with Crippen LogP contribution in [-0.2, 0) is 4.79 Å². The molecule has 3 rings (SSSR count). The van der Waals surface area contributed by atoms with E-state index in [1.807, 2.05) is 6.92 Å². The monoisotopic (exact) mass is 264 g/mol. The largest absolute Gasteiger partial charge is 0.481 e. The number of carbonyl (C=O) groups is 1. The van der Waals surface area contributed by atoms with E-state index in [-0.39, 0.29) is 12.5 Å². The Hall–Kier alpha value is -1.46. The van der Waals surface area contributed by atoms with Gasteiger partial charge in [0, 0.05) is 5.92 Å². The van der Waals surface area contributed by atoms with Gasteiger partial charge in [-0.05, 0) is 47.9 Å². The fourth-order valence-electron chi connectivity index (χ4n) is 3.87. The summed E-state index contributed by atoms with van der Waals surface area (Å²) in [6.07, 6.45) is 5.93. The molecule has 1 N–H and O–H groups in total. The number of nitrogens with zero attached hydrogens (tertiary/aromatic N) is 4. The summed E-state index contributed by atoms with van der Waals surface area (Å²) in [5.74, 6) is 2.11. The molecule has 0 spiro atoms. The summed E-state index contributed by atoms with van der Waals surface area (Å²) in [6.45, 7) is 1.99. The number of rotatable bonds is 5. The first kappa shape index (κ1) is 12.6. The van der Waals surface area contributed by atoms with Crippen molar-refractivity contribution in [3.63, 3.8) is 0 Å². The molecule has 4 atom stereocenters. The lowest BCUT2D eigenvalue weighted by atomic mass is 9.88. The first-order chi connectivity index (χ1) is 9.19. The van der Waals surface area contributed by atoms with Crippen LogP contribution in [0.2, 0.25) is 0 Å². The molecule has 2 aliphatic rings. The number of carboxylic acid groups (broad SMARTS) is 1. The molecule has 2 aliphatic carbocycles. The maximum atomic E-state index is 10.9. The molecular formula is C13H20N4O2. The molecule has 1 aromatic heterocycles. The first-order valence-electron chi connectivity index (χ1n) is 7.18. The molecule has 0 amide bonds. The highest BCUT2D eigenvalue weighted by atomic mass is 16.4. The van der Waals surface area contributed by atoms with Gasteiger partial charge in [0.05, 0.1) is 12.5 Å². The van der Waals surface area contributed by atoms with Gasteiger partial charge in [0.2, 0.25) is 0 Å². The lowest BCUT2D eigenvalue weighted by molar-refractivity contribution is -0.138. The molecule has 6 nitrogen and oxygen atoms in total. The third-order valence-electron chi connectivity index (χ3n) is 4.82.